The Balaban J connectivity index is 2.54. The molecule has 0 saturated carbocycles. The van der Waals surface area contributed by atoms with E-state index in [0.717, 1.165) is 5.56 Å². The Morgan fingerprint density at radius 2 is 2.00 bits per heavy atom. The fourth-order valence-electron chi connectivity index (χ4n) is 1.47. The summed E-state index contributed by atoms with van der Waals surface area (Å²) in [6.45, 7) is 1.24. The Morgan fingerprint density at radius 1 is 1.26 bits per heavy atom. The molecule has 0 atom stereocenters. The Morgan fingerprint density at radius 3 is 2.63 bits per heavy atom. The molecule has 0 saturated heterocycles. The highest BCUT2D eigenvalue weighted by atomic mass is 16.4. The summed E-state index contributed by atoms with van der Waals surface area (Å²) >= 11 is 0. The molecule has 1 aromatic rings. The molecular weight excluding hydrogens is 248 g/mol. The molecule has 6 heteroatoms. The summed E-state index contributed by atoms with van der Waals surface area (Å²) in [7, 11) is 0. The highest BCUT2D eigenvalue weighted by molar-refractivity contribution is 5.94. The van der Waals surface area contributed by atoms with E-state index in [4.69, 9.17) is 5.11 Å². The number of benzene rings is 1. The fourth-order valence-corrected chi connectivity index (χ4v) is 1.47. The zero-order valence-corrected chi connectivity index (χ0v) is 10.6. The van der Waals surface area contributed by atoms with Crippen molar-refractivity contribution >= 4 is 23.5 Å². The van der Waals surface area contributed by atoms with Gasteiger partial charge in [-0.25, -0.2) is 0 Å². The minimum Gasteiger partial charge on any atom is -0.481 e. The molecule has 0 aromatic heterocycles. The first-order chi connectivity index (χ1) is 8.97. The number of hydrogen-bond donors (Lipinski definition) is 3. The molecule has 0 fully saturated rings. The Bertz CT molecular complexity index is 485. The summed E-state index contributed by atoms with van der Waals surface area (Å²) in [4.78, 5) is 32.6. The molecule has 1 rings (SSSR count). The van der Waals surface area contributed by atoms with Gasteiger partial charge < -0.3 is 15.7 Å². The Labute approximate surface area is 110 Å². The predicted octanol–water partition coefficient (Wildman–Crippen LogP) is 0.778. The van der Waals surface area contributed by atoms with Gasteiger partial charge >= 0.3 is 5.97 Å². The number of carboxylic acids is 1. The van der Waals surface area contributed by atoms with Crippen LogP contribution < -0.4 is 10.6 Å². The van der Waals surface area contributed by atoms with Gasteiger partial charge in [0.1, 0.15) is 0 Å². The van der Waals surface area contributed by atoms with Crippen LogP contribution in [0.15, 0.2) is 24.3 Å². The quantitative estimate of drug-likeness (QED) is 0.707. The second-order valence-corrected chi connectivity index (χ2v) is 4.05. The van der Waals surface area contributed by atoms with Crippen molar-refractivity contribution in [1.29, 1.82) is 0 Å². The maximum atomic E-state index is 11.5. The van der Waals surface area contributed by atoms with Crippen molar-refractivity contribution in [2.75, 3.05) is 11.9 Å². The molecule has 0 aliphatic rings. The van der Waals surface area contributed by atoms with Crippen molar-refractivity contribution < 1.29 is 19.5 Å². The van der Waals surface area contributed by atoms with Gasteiger partial charge in [0.2, 0.25) is 11.8 Å². The lowest BCUT2D eigenvalue weighted by molar-refractivity contribution is -0.137. The van der Waals surface area contributed by atoms with Crippen molar-refractivity contribution in [3.8, 4) is 0 Å². The highest BCUT2D eigenvalue weighted by Crippen LogP contribution is 2.12. The zero-order valence-electron chi connectivity index (χ0n) is 10.6. The van der Waals surface area contributed by atoms with Gasteiger partial charge in [0.25, 0.3) is 0 Å². The lowest BCUT2D eigenvalue weighted by Crippen LogP contribution is -2.31. The van der Waals surface area contributed by atoms with Crippen LogP contribution >= 0.6 is 0 Å². The van der Waals surface area contributed by atoms with Gasteiger partial charge in [-0.05, 0) is 24.1 Å². The molecule has 19 heavy (non-hydrogen) atoms. The van der Waals surface area contributed by atoms with Crippen LogP contribution in [0.5, 0.6) is 0 Å². The van der Waals surface area contributed by atoms with E-state index in [2.05, 4.69) is 10.6 Å². The average Bonchev–Trinajstić information content (AvgIpc) is 2.34. The minimum atomic E-state index is -0.861. The number of carbonyl (C=O) groups is 3. The van der Waals surface area contributed by atoms with Gasteiger partial charge in [0.15, 0.2) is 0 Å². The number of anilines is 1. The first kappa shape index (κ1) is 14.7. The van der Waals surface area contributed by atoms with Crippen LogP contribution in [0.3, 0.4) is 0 Å². The third-order valence-electron chi connectivity index (χ3n) is 2.34. The standard InChI is InChI=1S/C13H16N2O4/c1-9(16)14-8-12(17)15-11-4-2-3-10(7-11)5-6-13(18)19/h2-4,7H,5-6,8H2,1H3,(H,14,16)(H,15,17)(H,18,19). The number of carboxylic acid groups (broad SMARTS) is 1. The van der Waals surface area contributed by atoms with E-state index < -0.39 is 5.97 Å². The monoisotopic (exact) mass is 264 g/mol. The van der Waals surface area contributed by atoms with Crippen LogP contribution in [0.2, 0.25) is 0 Å². The smallest absolute Gasteiger partial charge is 0.303 e. The molecule has 102 valence electrons. The number of hydrogen-bond acceptors (Lipinski definition) is 3. The highest BCUT2D eigenvalue weighted by Gasteiger charge is 2.04. The molecule has 0 bridgehead atoms. The topological polar surface area (TPSA) is 95.5 Å². The largest absolute Gasteiger partial charge is 0.481 e. The van der Waals surface area contributed by atoms with Crippen molar-refractivity contribution in [3.05, 3.63) is 29.8 Å². The molecule has 0 spiro atoms. The molecule has 3 N–H and O–H groups in total. The van der Waals surface area contributed by atoms with Gasteiger partial charge in [-0.3, -0.25) is 14.4 Å². The predicted molar refractivity (Wildman–Crippen MR) is 69.7 cm³/mol. The van der Waals surface area contributed by atoms with Crippen molar-refractivity contribution in [2.24, 2.45) is 0 Å². The molecule has 6 nitrogen and oxygen atoms in total. The van der Waals surface area contributed by atoms with Gasteiger partial charge in [-0.15, -0.1) is 0 Å². The zero-order chi connectivity index (χ0) is 14.3. The summed E-state index contributed by atoms with van der Waals surface area (Å²) in [5.41, 5.74) is 1.41. The number of amides is 2. The summed E-state index contributed by atoms with van der Waals surface area (Å²) < 4.78 is 0. The van der Waals surface area contributed by atoms with E-state index in [1.54, 1.807) is 24.3 Å². The van der Waals surface area contributed by atoms with Crippen LogP contribution in [0, 0.1) is 0 Å². The average molecular weight is 264 g/mol. The van der Waals surface area contributed by atoms with Gasteiger partial charge in [0.05, 0.1) is 6.54 Å². The number of aliphatic carboxylic acids is 1. The maximum absolute atomic E-state index is 11.5. The fraction of sp³-hybridized carbons (Fsp3) is 0.308. The lowest BCUT2D eigenvalue weighted by atomic mass is 10.1. The number of rotatable bonds is 6. The Hall–Kier alpha value is -2.37. The lowest BCUT2D eigenvalue weighted by Gasteiger charge is -2.07. The van der Waals surface area contributed by atoms with E-state index in [0.29, 0.717) is 12.1 Å². The van der Waals surface area contributed by atoms with Crippen molar-refractivity contribution in [3.63, 3.8) is 0 Å². The van der Waals surface area contributed by atoms with Crippen LogP contribution in [0.4, 0.5) is 5.69 Å². The summed E-state index contributed by atoms with van der Waals surface area (Å²) in [6, 6.07) is 6.96. The van der Waals surface area contributed by atoms with Crippen molar-refractivity contribution in [2.45, 2.75) is 19.8 Å². The van der Waals surface area contributed by atoms with Gasteiger partial charge in [-0.1, -0.05) is 12.1 Å². The maximum Gasteiger partial charge on any atom is 0.303 e. The van der Waals surface area contributed by atoms with Gasteiger partial charge in [0, 0.05) is 19.0 Å². The van der Waals surface area contributed by atoms with Crippen LogP contribution in [-0.2, 0) is 20.8 Å². The van der Waals surface area contributed by atoms with E-state index >= 15 is 0 Å². The third kappa shape index (κ3) is 6.21. The summed E-state index contributed by atoms with van der Waals surface area (Å²) in [5.74, 6) is -1.46. The molecule has 0 aliphatic heterocycles. The van der Waals surface area contributed by atoms with E-state index in [1.807, 2.05) is 0 Å². The van der Waals surface area contributed by atoms with Crippen LogP contribution in [0.25, 0.3) is 0 Å². The molecule has 0 aliphatic carbocycles. The third-order valence-corrected chi connectivity index (χ3v) is 2.34. The Kier molecular flexibility index (Phi) is 5.53. The van der Waals surface area contributed by atoms with E-state index in [-0.39, 0.29) is 24.8 Å². The molecular formula is C13H16N2O4. The molecule has 0 heterocycles. The summed E-state index contributed by atoms with van der Waals surface area (Å²) in [5, 5.41) is 13.6. The second kappa shape index (κ2) is 7.15. The van der Waals surface area contributed by atoms with Crippen LogP contribution in [-0.4, -0.2) is 29.4 Å². The number of nitrogens with one attached hydrogen (secondary N) is 2. The second-order valence-electron chi connectivity index (χ2n) is 4.05. The molecule has 1 aromatic carbocycles. The number of carbonyl (C=O) groups excluding carboxylic acids is 2. The summed E-state index contributed by atoms with van der Waals surface area (Å²) in [6.07, 6.45) is 0.452. The van der Waals surface area contributed by atoms with Crippen LogP contribution in [0.1, 0.15) is 18.9 Å². The molecule has 0 unspecified atom stereocenters. The van der Waals surface area contributed by atoms with E-state index in [1.165, 1.54) is 6.92 Å². The number of aryl methyl sites for hydroxylation is 1. The normalized spacial score (nSPS) is 9.74. The first-order valence-corrected chi connectivity index (χ1v) is 5.82. The minimum absolute atomic E-state index is 0.0449. The molecule has 2 amide bonds. The van der Waals surface area contributed by atoms with Crippen molar-refractivity contribution in [1.82, 2.24) is 5.32 Å². The molecule has 0 radical (unpaired) electrons. The SMILES string of the molecule is CC(=O)NCC(=O)Nc1cccc(CCC(=O)O)c1. The van der Waals surface area contributed by atoms with E-state index in [9.17, 15) is 14.4 Å². The first-order valence-electron chi connectivity index (χ1n) is 5.82. The van der Waals surface area contributed by atoms with Gasteiger partial charge in [-0.2, -0.15) is 0 Å².